The van der Waals surface area contributed by atoms with Crippen molar-refractivity contribution in [2.45, 2.75) is 50.3 Å². The summed E-state index contributed by atoms with van der Waals surface area (Å²) in [5.41, 5.74) is 0.332. The van der Waals surface area contributed by atoms with Crippen LogP contribution in [-0.4, -0.2) is 69.7 Å². The van der Waals surface area contributed by atoms with E-state index in [1.807, 2.05) is 0 Å². The fourth-order valence-corrected chi connectivity index (χ4v) is 4.07. The second-order valence-electron chi connectivity index (χ2n) is 7.32. The number of halogens is 1. The lowest BCUT2D eigenvalue weighted by molar-refractivity contribution is -0.0413. The fraction of sp³-hybridized carbons (Fsp3) is 0.556. The number of benzene rings is 1. The zero-order valence-corrected chi connectivity index (χ0v) is 14.6. The van der Waals surface area contributed by atoms with E-state index in [9.17, 15) is 29.3 Å². The van der Waals surface area contributed by atoms with Crippen molar-refractivity contribution in [2.24, 2.45) is 0 Å². The van der Waals surface area contributed by atoms with Crippen molar-refractivity contribution >= 4 is 17.5 Å². The van der Waals surface area contributed by atoms with Gasteiger partial charge in [-0.05, 0) is 37.8 Å². The second kappa shape index (κ2) is 6.83. The number of hydrogen-bond donors (Lipinski definition) is 4. The van der Waals surface area contributed by atoms with E-state index in [0.717, 1.165) is 11.0 Å². The summed E-state index contributed by atoms with van der Waals surface area (Å²) < 4.78 is 14.6. The van der Waals surface area contributed by atoms with Crippen LogP contribution in [0.15, 0.2) is 12.1 Å². The number of anilines is 1. The van der Waals surface area contributed by atoms with Crippen molar-refractivity contribution in [1.82, 2.24) is 10.2 Å². The number of piperidine rings is 2. The lowest BCUT2D eigenvalue weighted by atomic mass is 10.0. The maximum Gasteiger partial charge on any atom is 0.262 e. The summed E-state index contributed by atoms with van der Waals surface area (Å²) in [5.74, 6) is -1.81. The number of aliphatic hydroxyl groups excluding tert-OH is 3. The van der Waals surface area contributed by atoms with E-state index in [0.29, 0.717) is 25.9 Å². The molecule has 3 atom stereocenters. The van der Waals surface area contributed by atoms with Crippen molar-refractivity contribution in [2.75, 3.05) is 18.0 Å². The summed E-state index contributed by atoms with van der Waals surface area (Å²) in [6, 6.07) is 1.64. The molecule has 3 heterocycles. The largest absolute Gasteiger partial charge is 0.393 e. The van der Waals surface area contributed by atoms with E-state index in [-0.39, 0.29) is 29.7 Å². The maximum absolute atomic E-state index is 14.6. The van der Waals surface area contributed by atoms with E-state index in [1.165, 1.54) is 6.07 Å². The average Bonchev–Trinajstić information content (AvgIpc) is 2.86. The van der Waals surface area contributed by atoms with E-state index in [4.69, 9.17) is 0 Å². The van der Waals surface area contributed by atoms with Crippen LogP contribution in [0.1, 0.15) is 46.4 Å². The van der Waals surface area contributed by atoms with Gasteiger partial charge in [-0.15, -0.1) is 0 Å². The van der Waals surface area contributed by atoms with Gasteiger partial charge in [0, 0.05) is 13.1 Å². The van der Waals surface area contributed by atoms with Crippen LogP contribution in [0.4, 0.5) is 10.1 Å². The highest BCUT2D eigenvalue weighted by atomic mass is 19.1. The van der Waals surface area contributed by atoms with Crippen molar-refractivity contribution in [1.29, 1.82) is 0 Å². The molecule has 0 spiro atoms. The smallest absolute Gasteiger partial charge is 0.262 e. The Morgan fingerprint density at radius 1 is 0.963 bits per heavy atom. The number of nitrogens with zero attached hydrogens (tertiary/aromatic N) is 2. The highest BCUT2D eigenvalue weighted by molar-refractivity contribution is 6.22. The van der Waals surface area contributed by atoms with Gasteiger partial charge in [-0.25, -0.2) is 4.39 Å². The van der Waals surface area contributed by atoms with Crippen LogP contribution in [0.5, 0.6) is 0 Å². The van der Waals surface area contributed by atoms with E-state index in [1.54, 1.807) is 4.90 Å². The first-order valence-corrected chi connectivity index (χ1v) is 9.13. The van der Waals surface area contributed by atoms with Gasteiger partial charge < -0.3 is 20.2 Å². The molecule has 3 aliphatic heterocycles. The molecule has 0 aromatic heterocycles. The number of rotatable bonds is 2. The monoisotopic (exact) mass is 379 g/mol. The highest BCUT2D eigenvalue weighted by Gasteiger charge is 2.45. The molecule has 4 rings (SSSR count). The van der Waals surface area contributed by atoms with Crippen molar-refractivity contribution in [3.05, 3.63) is 29.1 Å². The summed E-state index contributed by atoms with van der Waals surface area (Å²) in [6.07, 6.45) is -0.998. The molecular weight excluding hydrogens is 357 g/mol. The van der Waals surface area contributed by atoms with Gasteiger partial charge in [-0.3, -0.25) is 19.8 Å². The first-order valence-electron chi connectivity index (χ1n) is 9.13. The van der Waals surface area contributed by atoms with Crippen molar-refractivity contribution in [3.8, 4) is 0 Å². The van der Waals surface area contributed by atoms with Crippen LogP contribution in [0.2, 0.25) is 0 Å². The molecule has 0 aliphatic carbocycles. The van der Waals surface area contributed by atoms with Gasteiger partial charge in [0.05, 0.1) is 29.0 Å². The Labute approximate surface area is 155 Å². The maximum atomic E-state index is 14.6. The molecule has 2 fully saturated rings. The number of hydrogen-bond acceptors (Lipinski definition) is 7. The van der Waals surface area contributed by atoms with Crippen LogP contribution in [0, 0.1) is 5.82 Å². The summed E-state index contributed by atoms with van der Waals surface area (Å²) in [4.78, 5) is 28.3. The molecule has 0 bridgehead atoms. The Morgan fingerprint density at radius 2 is 1.59 bits per heavy atom. The first kappa shape index (κ1) is 18.3. The molecule has 4 N–H and O–H groups in total. The zero-order valence-electron chi connectivity index (χ0n) is 14.6. The SMILES string of the molecule is O=C1c2cc(F)c(N3CCC(O)CC3)cc2C(=O)N1C1CCC(O)NC1O. The molecule has 2 amide bonds. The van der Waals surface area contributed by atoms with Crippen LogP contribution in [-0.2, 0) is 0 Å². The predicted molar refractivity (Wildman–Crippen MR) is 92.5 cm³/mol. The predicted octanol–water partition coefficient (Wildman–Crippen LogP) is -0.228. The Morgan fingerprint density at radius 3 is 2.22 bits per heavy atom. The number of amides is 2. The minimum atomic E-state index is -1.25. The summed E-state index contributed by atoms with van der Waals surface area (Å²) in [5, 5.41) is 31.8. The van der Waals surface area contributed by atoms with Gasteiger partial charge in [-0.2, -0.15) is 0 Å². The molecule has 146 valence electrons. The number of fused-ring (bicyclic) bond motifs is 1. The average molecular weight is 379 g/mol. The minimum absolute atomic E-state index is 0.0170. The number of nitrogens with one attached hydrogen (secondary N) is 1. The van der Waals surface area contributed by atoms with Gasteiger partial charge in [0.15, 0.2) is 0 Å². The number of carbonyl (C=O) groups excluding carboxylic acids is 2. The van der Waals surface area contributed by atoms with Gasteiger partial charge in [0.1, 0.15) is 18.3 Å². The second-order valence-corrected chi connectivity index (χ2v) is 7.32. The van der Waals surface area contributed by atoms with Gasteiger partial charge in [0.25, 0.3) is 11.8 Å². The molecule has 2 saturated heterocycles. The lowest BCUT2D eigenvalue weighted by Crippen LogP contribution is -2.58. The molecule has 0 radical (unpaired) electrons. The van der Waals surface area contributed by atoms with Gasteiger partial charge >= 0.3 is 0 Å². The highest BCUT2D eigenvalue weighted by Crippen LogP contribution is 2.34. The molecule has 3 aliphatic rings. The topological polar surface area (TPSA) is 113 Å². The van der Waals surface area contributed by atoms with Crippen LogP contribution in [0.25, 0.3) is 0 Å². The van der Waals surface area contributed by atoms with E-state index < -0.39 is 42.2 Å². The quantitative estimate of drug-likeness (QED) is 0.525. The molecule has 9 heteroatoms. The summed E-state index contributed by atoms with van der Waals surface area (Å²) in [7, 11) is 0. The lowest BCUT2D eigenvalue weighted by Gasteiger charge is -2.36. The molecule has 0 saturated carbocycles. The Hall–Kier alpha value is -2.07. The first-order chi connectivity index (χ1) is 12.9. The Kier molecular flexibility index (Phi) is 4.63. The number of aliphatic hydroxyl groups is 3. The molecule has 27 heavy (non-hydrogen) atoms. The third kappa shape index (κ3) is 3.10. The van der Waals surface area contributed by atoms with Crippen molar-refractivity contribution in [3.63, 3.8) is 0 Å². The van der Waals surface area contributed by atoms with Crippen LogP contribution < -0.4 is 10.2 Å². The molecule has 1 aromatic carbocycles. The number of carbonyl (C=O) groups is 2. The molecule has 3 unspecified atom stereocenters. The minimum Gasteiger partial charge on any atom is -0.393 e. The molecule has 8 nitrogen and oxygen atoms in total. The van der Waals surface area contributed by atoms with E-state index >= 15 is 0 Å². The fourth-order valence-electron chi connectivity index (χ4n) is 4.07. The van der Waals surface area contributed by atoms with Crippen LogP contribution in [0.3, 0.4) is 0 Å². The standard InChI is InChI=1S/C18H22FN3O5/c19-12-7-10-11(8-14(12)21-5-3-9(23)4-6-21)18(27)22(17(10)26)13-1-2-15(24)20-16(13)25/h7-9,13,15-16,20,23-25H,1-6H2. The third-order valence-electron chi connectivity index (χ3n) is 5.59. The van der Waals surface area contributed by atoms with E-state index in [2.05, 4.69) is 5.32 Å². The number of imide groups is 1. The Bertz CT molecular complexity index is 781. The normalized spacial score (nSPS) is 29.4. The van der Waals surface area contributed by atoms with Crippen LogP contribution >= 0.6 is 0 Å². The van der Waals surface area contributed by atoms with Gasteiger partial charge in [0.2, 0.25) is 0 Å². The summed E-state index contributed by atoms with van der Waals surface area (Å²) >= 11 is 0. The molecule has 1 aromatic rings. The van der Waals surface area contributed by atoms with Gasteiger partial charge in [-0.1, -0.05) is 0 Å². The molecular formula is C18H22FN3O5. The summed E-state index contributed by atoms with van der Waals surface area (Å²) in [6.45, 7) is 0.928. The third-order valence-corrected chi connectivity index (χ3v) is 5.59. The Balaban J connectivity index is 1.63. The zero-order chi connectivity index (χ0) is 19.3. The van der Waals surface area contributed by atoms with Crippen molar-refractivity contribution < 1.29 is 29.3 Å².